The van der Waals surface area contributed by atoms with Crippen molar-refractivity contribution in [2.75, 3.05) is 52.0 Å². The maximum atomic E-state index is 13.3. The second-order valence-corrected chi connectivity index (χ2v) is 10.0. The number of nitrogens with zero attached hydrogens (tertiary/aromatic N) is 3. The molecular formula is C31H32F2N4O5. The van der Waals surface area contributed by atoms with E-state index in [4.69, 9.17) is 14.2 Å². The first-order chi connectivity index (χ1) is 20.5. The van der Waals surface area contributed by atoms with Gasteiger partial charge >= 0.3 is 0 Å². The zero-order chi connectivity index (χ0) is 29.5. The highest BCUT2D eigenvalue weighted by Crippen LogP contribution is 2.37. The van der Waals surface area contributed by atoms with Crippen LogP contribution in [-0.2, 0) is 9.59 Å². The van der Waals surface area contributed by atoms with Crippen molar-refractivity contribution in [3.63, 3.8) is 0 Å². The average Bonchev–Trinajstić information content (AvgIpc) is 3.53. The van der Waals surface area contributed by atoms with Crippen molar-refractivity contribution in [1.82, 2.24) is 14.9 Å². The number of hydrogen-bond acceptors (Lipinski definition) is 9. The molecule has 0 saturated carbocycles. The Kier molecular flexibility index (Phi) is 9.38. The molecule has 11 heteroatoms. The highest BCUT2D eigenvalue weighted by Gasteiger charge is 2.22. The maximum Gasteiger partial charge on any atom is 0.186 e. The summed E-state index contributed by atoms with van der Waals surface area (Å²) >= 11 is 0. The highest BCUT2D eigenvalue weighted by atomic mass is 19.1. The minimum atomic E-state index is -1.34. The molecule has 3 aromatic rings. The van der Waals surface area contributed by atoms with E-state index in [0.717, 1.165) is 38.2 Å². The number of hydrogen-bond donors (Lipinski definition) is 1. The Bertz CT molecular complexity index is 1520. The molecule has 2 aliphatic rings. The van der Waals surface area contributed by atoms with Crippen LogP contribution in [0.3, 0.4) is 0 Å². The van der Waals surface area contributed by atoms with Crippen molar-refractivity contribution in [2.24, 2.45) is 0 Å². The minimum absolute atomic E-state index is 0.0540. The number of fused-ring (bicyclic) bond motifs is 1. The largest absolute Gasteiger partial charge is 0.493 e. The van der Waals surface area contributed by atoms with Gasteiger partial charge in [0.25, 0.3) is 0 Å². The Labute approximate surface area is 242 Å². The van der Waals surface area contributed by atoms with E-state index in [-0.39, 0.29) is 22.7 Å². The van der Waals surface area contributed by atoms with E-state index in [1.807, 2.05) is 0 Å². The number of anilines is 2. The van der Waals surface area contributed by atoms with Crippen molar-refractivity contribution in [2.45, 2.75) is 25.4 Å². The zero-order valence-corrected chi connectivity index (χ0v) is 23.3. The number of alkyl halides is 2. The molecule has 0 bridgehead atoms. The predicted molar refractivity (Wildman–Crippen MR) is 155 cm³/mol. The van der Waals surface area contributed by atoms with E-state index >= 15 is 0 Å². The quantitative estimate of drug-likeness (QED) is 0.221. The van der Waals surface area contributed by atoms with Gasteiger partial charge in [0.15, 0.2) is 29.2 Å². The molecule has 1 saturated heterocycles. The third kappa shape index (κ3) is 6.73. The fourth-order valence-corrected chi connectivity index (χ4v) is 4.97. The van der Waals surface area contributed by atoms with Crippen molar-refractivity contribution in [3.8, 4) is 17.2 Å². The van der Waals surface area contributed by atoms with Crippen LogP contribution in [0, 0.1) is 0 Å². The number of ether oxygens (including phenoxy) is 3. The molecule has 1 aliphatic carbocycles. The summed E-state index contributed by atoms with van der Waals surface area (Å²) in [5.41, 5.74) is 1.39. The second kappa shape index (κ2) is 13.5. The van der Waals surface area contributed by atoms with Crippen LogP contribution in [-0.4, -0.2) is 79.2 Å². The SMILES string of the molecule is COc1cc2c(Nc3ccc(OC(CF)CF)c(C4=CC(=O)C=CC4=O)c3)ncnc2cc1OCCCN1CCCC1. The lowest BCUT2D eigenvalue weighted by Gasteiger charge is -2.19. The predicted octanol–water partition coefficient (Wildman–Crippen LogP) is 5.02. The number of nitrogens with one attached hydrogen (secondary N) is 1. The molecule has 0 spiro atoms. The highest BCUT2D eigenvalue weighted by molar-refractivity contribution is 6.34. The topological polar surface area (TPSA) is 103 Å². The van der Waals surface area contributed by atoms with Crippen molar-refractivity contribution in [1.29, 1.82) is 0 Å². The number of halogens is 2. The second-order valence-electron chi connectivity index (χ2n) is 10.0. The molecule has 0 unspecified atom stereocenters. The molecular weight excluding hydrogens is 546 g/mol. The average molecular weight is 579 g/mol. The molecule has 1 aromatic heterocycles. The van der Waals surface area contributed by atoms with Gasteiger partial charge in [-0.2, -0.15) is 0 Å². The van der Waals surface area contributed by atoms with Crippen molar-refractivity contribution >= 4 is 39.5 Å². The third-order valence-electron chi connectivity index (χ3n) is 7.12. The summed E-state index contributed by atoms with van der Waals surface area (Å²) in [5, 5.41) is 3.87. The Hall–Kier alpha value is -4.38. The third-order valence-corrected chi connectivity index (χ3v) is 7.12. The van der Waals surface area contributed by atoms with E-state index in [2.05, 4.69) is 20.2 Å². The number of rotatable bonds is 13. The van der Waals surface area contributed by atoms with Crippen LogP contribution in [0.25, 0.3) is 16.5 Å². The molecule has 5 rings (SSSR count). The molecule has 0 radical (unpaired) electrons. The van der Waals surface area contributed by atoms with Crippen LogP contribution < -0.4 is 19.5 Å². The smallest absolute Gasteiger partial charge is 0.186 e. The van der Waals surface area contributed by atoms with E-state index in [9.17, 15) is 18.4 Å². The molecule has 0 atom stereocenters. The molecule has 1 aliphatic heterocycles. The summed E-state index contributed by atoms with van der Waals surface area (Å²) in [6, 6.07) is 8.28. The van der Waals surface area contributed by atoms with Gasteiger partial charge in [-0.1, -0.05) is 0 Å². The van der Waals surface area contributed by atoms with Gasteiger partial charge in [-0.15, -0.1) is 0 Å². The number of ketones is 2. The van der Waals surface area contributed by atoms with Gasteiger partial charge in [0, 0.05) is 34.8 Å². The molecule has 220 valence electrons. The molecule has 1 N–H and O–H groups in total. The van der Waals surface area contributed by atoms with Crippen LogP contribution in [0.4, 0.5) is 20.3 Å². The van der Waals surface area contributed by atoms with Gasteiger partial charge in [0.2, 0.25) is 0 Å². The van der Waals surface area contributed by atoms with Gasteiger partial charge in [-0.05, 0) is 74.8 Å². The van der Waals surface area contributed by atoms with Gasteiger partial charge in [-0.25, -0.2) is 18.7 Å². The standard InChI is InChI=1S/C31H32F2N4O5/c1-40-29-15-25-26(16-30(29)41-12-4-11-37-9-2-3-10-37)34-19-35-31(25)36-20-5-8-28(42-22(17-32)18-33)24(13-20)23-14-21(38)6-7-27(23)39/h5-8,13-16,19,22H,2-4,9-12,17-18H2,1H3,(H,34,35,36). The van der Waals surface area contributed by atoms with E-state index in [0.29, 0.717) is 40.5 Å². The number of methoxy groups -OCH3 is 1. The maximum absolute atomic E-state index is 13.3. The van der Waals surface area contributed by atoms with Crippen LogP contribution in [0.2, 0.25) is 0 Å². The zero-order valence-electron chi connectivity index (χ0n) is 23.3. The molecule has 2 heterocycles. The van der Waals surface area contributed by atoms with Crippen LogP contribution in [0.15, 0.2) is 54.9 Å². The summed E-state index contributed by atoms with van der Waals surface area (Å²) in [7, 11) is 1.56. The minimum Gasteiger partial charge on any atom is -0.493 e. The molecule has 9 nitrogen and oxygen atoms in total. The van der Waals surface area contributed by atoms with Gasteiger partial charge in [0.05, 0.1) is 19.2 Å². The number of carbonyl (C=O) groups excluding carboxylic acids is 2. The first kappa shape index (κ1) is 29.1. The number of benzene rings is 2. The van der Waals surface area contributed by atoms with E-state index < -0.39 is 25.2 Å². The van der Waals surface area contributed by atoms with Crippen LogP contribution in [0.1, 0.15) is 24.8 Å². The fourth-order valence-electron chi connectivity index (χ4n) is 4.97. The Morgan fingerprint density at radius 2 is 1.81 bits per heavy atom. The van der Waals surface area contributed by atoms with E-state index in [1.165, 1.54) is 31.3 Å². The monoisotopic (exact) mass is 578 g/mol. The number of aromatic nitrogens is 2. The first-order valence-corrected chi connectivity index (χ1v) is 13.8. The number of allylic oxidation sites excluding steroid dienone is 4. The summed E-state index contributed by atoms with van der Waals surface area (Å²) < 4.78 is 43.7. The van der Waals surface area contributed by atoms with Crippen LogP contribution >= 0.6 is 0 Å². The summed E-state index contributed by atoms with van der Waals surface area (Å²) in [6.07, 6.45) is 6.95. The van der Waals surface area contributed by atoms with Crippen molar-refractivity contribution in [3.05, 3.63) is 60.5 Å². The molecule has 42 heavy (non-hydrogen) atoms. The molecule has 0 amide bonds. The van der Waals surface area contributed by atoms with Crippen molar-refractivity contribution < 1.29 is 32.6 Å². The Morgan fingerprint density at radius 1 is 1.00 bits per heavy atom. The lowest BCUT2D eigenvalue weighted by atomic mass is 9.95. The number of likely N-dealkylation sites (tertiary alicyclic amines) is 1. The summed E-state index contributed by atoms with van der Waals surface area (Å²) in [6.45, 7) is 1.71. The summed E-state index contributed by atoms with van der Waals surface area (Å²) in [4.78, 5) is 35.9. The molecule has 2 aromatic carbocycles. The van der Waals surface area contributed by atoms with Gasteiger partial charge < -0.3 is 24.4 Å². The normalized spacial score (nSPS) is 15.4. The Morgan fingerprint density at radius 3 is 2.57 bits per heavy atom. The Balaban J connectivity index is 1.41. The lowest BCUT2D eigenvalue weighted by molar-refractivity contribution is -0.113. The molecule has 1 fully saturated rings. The van der Waals surface area contributed by atoms with Gasteiger partial charge in [0.1, 0.15) is 31.2 Å². The van der Waals surface area contributed by atoms with Crippen LogP contribution in [0.5, 0.6) is 17.2 Å². The first-order valence-electron chi connectivity index (χ1n) is 13.8. The van der Waals surface area contributed by atoms with E-state index in [1.54, 1.807) is 31.4 Å². The lowest BCUT2D eigenvalue weighted by Crippen LogP contribution is -2.22. The summed E-state index contributed by atoms with van der Waals surface area (Å²) in [5.74, 6) is 0.810. The van der Waals surface area contributed by atoms with Gasteiger partial charge in [-0.3, -0.25) is 9.59 Å². The fraction of sp³-hybridized carbons (Fsp3) is 0.355. The number of carbonyl (C=O) groups is 2.